The number of anilines is 2. The number of hydrogen-bond donors (Lipinski definition) is 2. The van der Waals surface area contributed by atoms with Gasteiger partial charge in [0, 0.05) is 31.7 Å². The van der Waals surface area contributed by atoms with Gasteiger partial charge in [-0.2, -0.15) is 0 Å². The maximum absolute atomic E-state index is 12.0. The van der Waals surface area contributed by atoms with Crippen molar-refractivity contribution in [3.05, 3.63) is 22.7 Å². The Labute approximate surface area is 125 Å². The first-order valence-corrected chi connectivity index (χ1v) is 7.53. The van der Waals surface area contributed by atoms with Crippen LogP contribution in [0.2, 0.25) is 5.02 Å². The molecule has 4 nitrogen and oxygen atoms in total. The van der Waals surface area contributed by atoms with E-state index in [9.17, 15) is 4.79 Å². The summed E-state index contributed by atoms with van der Waals surface area (Å²) >= 11 is 6.01. The number of nitrogens with one attached hydrogen (secondary N) is 1. The molecule has 0 spiro atoms. The zero-order valence-corrected chi connectivity index (χ0v) is 12.7. The highest BCUT2D eigenvalue weighted by Gasteiger charge is 2.15. The minimum atomic E-state index is 0.233. The van der Waals surface area contributed by atoms with E-state index >= 15 is 0 Å². The van der Waals surface area contributed by atoms with Gasteiger partial charge in [-0.3, -0.25) is 4.79 Å². The molecule has 3 N–H and O–H groups in total. The molecule has 0 atom stereocenters. The zero-order chi connectivity index (χ0) is 14.5. The quantitative estimate of drug-likeness (QED) is 0.840. The SMILES string of the molecule is Cc1cc(N)c(Cl)cc1NCCC(=O)N1CCCCC1. The van der Waals surface area contributed by atoms with Gasteiger partial charge in [-0.05, 0) is 43.9 Å². The third kappa shape index (κ3) is 3.79. The molecule has 0 bridgehead atoms. The van der Waals surface area contributed by atoms with E-state index in [4.69, 9.17) is 17.3 Å². The summed E-state index contributed by atoms with van der Waals surface area (Å²) in [5, 5.41) is 3.81. The molecule has 20 heavy (non-hydrogen) atoms. The molecule has 0 aromatic heterocycles. The number of rotatable bonds is 4. The maximum Gasteiger partial charge on any atom is 0.224 e. The minimum Gasteiger partial charge on any atom is -0.398 e. The molecular weight excluding hydrogens is 274 g/mol. The van der Waals surface area contributed by atoms with Crippen molar-refractivity contribution < 1.29 is 4.79 Å². The Hall–Kier alpha value is -1.42. The van der Waals surface area contributed by atoms with Gasteiger partial charge in [-0.25, -0.2) is 0 Å². The predicted octanol–water partition coefficient (Wildman–Crippen LogP) is 3.05. The molecule has 110 valence electrons. The van der Waals surface area contributed by atoms with E-state index in [1.807, 2.05) is 24.0 Å². The molecule has 0 aliphatic carbocycles. The second kappa shape index (κ2) is 6.84. The van der Waals surface area contributed by atoms with Gasteiger partial charge >= 0.3 is 0 Å². The monoisotopic (exact) mass is 295 g/mol. The molecule has 2 rings (SSSR count). The van der Waals surface area contributed by atoms with Crippen LogP contribution in [-0.2, 0) is 4.79 Å². The number of piperidine rings is 1. The van der Waals surface area contributed by atoms with Crippen molar-refractivity contribution in [2.45, 2.75) is 32.6 Å². The van der Waals surface area contributed by atoms with E-state index in [1.165, 1.54) is 6.42 Å². The summed E-state index contributed by atoms with van der Waals surface area (Å²) in [5.41, 5.74) is 8.31. The Balaban J connectivity index is 1.83. The summed E-state index contributed by atoms with van der Waals surface area (Å²) in [6.45, 7) is 4.41. The van der Waals surface area contributed by atoms with Crippen LogP contribution in [0, 0.1) is 6.92 Å². The summed E-state index contributed by atoms with van der Waals surface area (Å²) in [4.78, 5) is 14.0. The highest BCUT2D eigenvalue weighted by Crippen LogP contribution is 2.26. The van der Waals surface area contributed by atoms with Crippen molar-refractivity contribution >= 4 is 28.9 Å². The number of hydrogen-bond acceptors (Lipinski definition) is 3. The third-order valence-corrected chi connectivity index (χ3v) is 4.03. The fourth-order valence-electron chi connectivity index (χ4n) is 2.50. The lowest BCUT2D eigenvalue weighted by atomic mass is 10.1. The zero-order valence-electron chi connectivity index (χ0n) is 11.9. The second-order valence-electron chi connectivity index (χ2n) is 5.31. The Bertz CT molecular complexity index is 484. The minimum absolute atomic E-state index is 0.233. The average molecular weight is 296 g/mol. The highest BCUT2D eigenvalue weighted by molar-refractivity contribution is 6.33. The predicted molar refractivity (Wildman–Crippen MR) is 84.1 cm³/mol. The molecule has 0 radical (unpaired) electrons. The Morgan fingerprint density at radius 3 is 2.75 bits per heavy atom. The van der Waals surface area contributed by atoms with E-state index in [2.05, 4.69) is 5.32 Å². The lowest BCUT2D eigenvalue weighted by molar-refractivity contribution is -0.131. The van der Waals surface area contributed by atoms with E-state index in [0.29, 0.717) is 23.7 Å². The average Bonchev–Trinajstić information content (AvgIpc) is 2.45. The summed E-state index contributed by atoms with van der Waals surface area (Å²) in [6.07, 6.45) is 4.02. The van der Waals surface area contributed by atoms with Crippen molar-refractivity contribution in [2.24, 2.45) is 0 Å². The summed E-state index contributed by atoms with van der Waals surface area (Å²) < 4.78 is 0. The molecule has 1 aromatic rings. The van der Waals surface area contributed by atoms with Crippen molar-refractivity contribution in [3.63, 3.8) is 0 Å². The van der Waals surface area contributed by atoms with Gasteiger partial charge in [0.15, 0.2) is 0 Å². The molecule has 1 saturated heterocycles. The van der Waals surface area contributed by atoms with Crippen LogP contribution < -0.4 is 11.1 Å². The van der Waals surface area contributed by atoms with Crippen LogP contribution in [0.25, 0.3) is 0 Å². The first kappa shape index (κ1) is 15.0. The molecule has 5 heteroatoms. The fourth-order valence-corrected chi connectivity index (χ4v) is 2.66. The summed E-state index contributed by atoms with van der Waals surface area (Å²) in [7, 11) is 0. The van der Waals surface area contributed by atoms with Crippen LogP contribution in [0.4, 0.5) is 11.4 Å². The number of nitrogen functional groups attached to an aromatic ring is 1. The third-order valence-electron chi connectivity index (χ3n) is 3.71. The van der Waals surface area contributed by atoms with E-state index in [0.717, 1.165) is 37.2 Å². The number of nitrogens with zero attached hydrogens (tertiary/aromatic N) is 1. The maximum atomic E-state index is 12.0. The van der Waals surface area contributed by atoms with Crippen LogP contribution >= 0.6 is 11.6 Å². The number of amides is 1. The Morgan fingerprint density at radius 1 is 1.35 bits per heavy atom. The van der Waals surface area contributed by atoms with Crippen molar-refractivity contribution in [2.75, 3.05) is 30.7 Å². The molecule has 1 aliphatic rings. The number of nitrogens with two attached hydrogens (primary N) is 1. The Kier molecular flexibility index (Phi) is 5.12. The lowest BCUT2D eigenvalue weighted by Crippen LogP contribution is -2.36. The summed E-state index contributed by atoms with van der Waals surface area (Å²) in [5.74, 6) is 0.233. The highest BCUT2D eigenvalue weighted by atomic mass is 35.5. The number of aryl methyl sites for hydroxylation is 1. The van der Waals surface area contributed by atoms with Gasteiger partial charge in [0.2, 0.25) is 5.91 Å². The van der Waals surface area contributed by atoms with Crippen LogP contribution in [0.5, 0.6) is 0 Å². The van der Waals surface area contributed by atoms with Crippen molar-refractivity contribution in [3.8, 4) is 0 Å². The van der Waals surface area contributed by atoms with Crippen molar-refractivity contribution in [1.29, 1.82) is 0 Å². The number of carbonyl (C=O) groups is 1. The molecule has 0 saturated carbocycles. The van der Waals surface area contributed by atoms with E-state index < -0.39 is 0 Å². The van der Waals surface area contributed by atoms with Gasteiger partial charge < -0.3 is 16.0 Å². The van der Waals surface area contributed by atoms with Crippen molar-refractivity contribution in [1.82, 2.24) is 4.90 Å². The first-order valence-electron chi connectivity index (χ1n) is 7.15. The van der Waals surface area contributed by atoms with Gasteiger partial charge in [-0.15, -0.1) is 0 Å². The topological polar surface area (TPSA) is 58.4 Å². The van der Waals surface area contributed by atoms with Crippen LogP contribution in [0.1, 0.15) is 31.2 Å². The fraction of sp³-hybridized carbons (Fsp3) is 0.533. The molecule has 1 heterocycles. The number of likely N-dealkylation sites (tertiary alicyclic amines) is 1. The number of benzene rings is 1. The molecule has 1 amide bonds. The van der Waals surface area contributed by atoms with E-state index in [1.54, 1.807) is 0 Å². The summed E-state index contributed by atoms with van der Waals surface area (Å²) in [6, 6.07) is 3.66. The number of carbonyl (C=O) groups excluding carboxylic acids is 1. The lowest BCUT2D eigenvalue weighted by Gasteiger charge is -2.26. The molecule has 0 unspecified atom stereocenters. The van der Waals surface area contributed by atoms with Gasteiger partial charge in [-0.1, -0.05) is 11.6 Å². The molecule has 1 aliphatic heterocycles. The normalized spacial score (nSPS) is 15.2. The van der Waals surface area contributed by atoms with Crippen LogP contribution in [0.3, 0.4) is 0 Å². The van der Waals surface area contributed by atoms with Gasteiger partial charge in [0.25, 0.3) is 0 Å². The largest absolute Gasteiger partial charge is 0.398 e. The molecular formula is C15H22ClN3O. The number of halogens is 1. The standard InChI is InChI=1S/C15H22ClN3O/c1-11-9-13(17)12(16)10-14(11)18-6-5-15(20)19-7-3-2-4-8-19/h9-10,18H,2-8,17H2,1H3. The van der Waals surface area contributed by atoms with E-state index in [-0.39, 0.29) is 5.91 Å². The Morgan fingerprint density at radius 2 is 2.05 bits per heavy atom. The van der Waals surface area contributed by atoms with Crippen LogP contribution in [0.15, 0.2) is 12.1 Å². The molecule has 1 fully saturated rings. The molecule has 1 aromatic carbocycles. The smallest absolute Gasteiger partial charge is 0.224 e. The van der Waals surface area contributed by atoms with Gasteiger partial charge in [0.05, 0.1) is 10.7 Å². The second-order valence-corrected chi connectivity index (χ2v) is 5.71. The first-order chi connectivity index (χ1) is 9.58. The van der Waals surface area contributed by atoms with Crippen LogP contribution in [-0.4, -0.2) is 30.4 Å². The van der Waals surface area contributed by atoms with Gasteiger partial charge in [0.1, 0.15) is 0 Å².